The number of hydrogen-bond donors (Lipinski definition) is 0. The highest BCUT2D eigenvalue weighted by Gasteiger charge is 2.26. The van der Waals surface area contributed by atoms with Crippen LogP contribution in [0.5, 0.6) is 0 Å². The summed E-state index contributed by atoms with van der Waals surface area (Å²) in [6, 6.07) is 21.2. The fraction of sp³-hybridized carbons (Fsp3) is 0.333. The van der Waals surface area contributed by atoms with Gasteiger partial charge in [0.05, 0.1) is 6.67 Å². The summed E-state index contributed by atoms with van der Waals surface area (Å²) in [7, 11) is 0. The number of nitrogens with zero attached hydrogens (tertiary/aromatic N) is 1. The van der Waals surface area contributed by atoms with E-state index in [0.29, 0.717) is 6.42 Å². The molecule has 3 aromatic carbocycles. The Morgan fingerprint density at radius 1 is 0.806 bits per heavy atom. The molecule has 2 aliphatic carbocycles. The van der Waals surface area contributed by atoms with Crippen molar-refractivity contribution >= 4 is 17.2 Å². The molecule has 0 N–H and O–H groups in total. The molecular formula is C33H33F2N. The zero-order chi connectivity index (χ0) is 24.5. The first-order valence-electron chi connectivity index (χ1n) is 13.4. The Morgan fingerprint density at radius 3 is 2.42 bits per heavy atom. The number of aryl methyl sites for hydroxylation is 2. The fourth-order valence-corrected chi connectivity index (χ4v) is 6.31. The van der Waals surface area contributed by atoms with Gasteiger partial charge in [0.1, 0.15) is 5.82 Å². The van der Waals surface area contributed by atoms with Crippen molar-refractivity contribution in [2.45, 2.75) is 44.9 Å². The Hall–Kier alpha value is -3.04. The van der Waals surface area contributed by atoms with Gasteiger partial charge in [0.2, 0.25) is 0 Å². The number of benzene rings is 3. The van der Waals surface area contributed by atoms with Crippen LogP contribution in [0.15, 0.2) is 66.2 Å². The van der Waals surface area contributed by atoms with E-state index in [9.17, 15) is 4.39 Å². The van der Waals surface area contributed by atoms with Crippen LogP contribution in [0.1, 0.15) is 64.6 Å². The number of halogens is 2. The predicted octanol–water partition coefficient (Wildman–Crippen LogP) is 7.67. The second-order valence-electron chi connectivity index (χ2n) is 10.5. The van der Waals surface area contributed by atoms with Crippen molar-refractivity contribution in [3.63, 3.8) is 0 Å². The van der Waals surface area contributed by atoms with E-state index < -0.39 is 0 Å². The molecule has 6 rings (SSSR count). The van der Waals surface area contributed by atoms with Crippen LogP contribution in [-0.4, -0.2) is 31.2 Å². The summed E-state index contributed by atoms with van der Waals surface area (Å²) in [5.41, 5.74) is 12.1. The van der Waals surface area contributed by atoms with Gasteiger partial charge in [-0.25, -0.2) is 4.39 Å². The van der Waals surface area contributed by atoms with Crippen molar-refractivity contribution in [2.24, 2.45) is 0 Å². The summed E-state index contributed by atoms with van der Waals surface area (Å²) in [6.45, 7) is 2.46. The molecule has 3 aromatic rings. The van der Waals surface area contributed by atoms with Crippen molar-refractivity contribution < 1.29 is 8.78 Å². The van der Waals surface area contributed by atoms with E-state index in [-0.39, 0.29) is 12.5 Å². The van der Waals surface area contributed by atoms with Crippen LogP contribution >= 0.6 is 0 Å². The SMILES string of the molecule is FCCCN1CC(=Cc2ccc(C3=C(c4c(F)ccc5c4CCC5)CCCc4ccccc43)cc2)C1. The van der Waals surface area contributed by atoms with Gasteiger partial charge >= 0.3 is 0 Å². The summed E-state index contributed by atoms with van der Waals surface area (Å²) in [5.74, 6) is -0.0776. The van der Waals surface area contributed by atoms with Gasteiger partial charge in [0, 0.05) is 25.2 Å². The highest BCUT2D eigenvalue weighted by Crippen LogP contribution is 2.43. The molecule has 0 bridgehead atoms. The minimum absolute atomic E-state index is 0.0776. The predicted molar refractivity (Wildman–Crippen MR) is 145 cm³/mol. The van der Waals surface area contributed by atoms with Gasteiger partial charge in [-0.2, -0.15) is 0 Å². The van der Waals surface area contributed by atoms with E-state index in [1.807, 2.05) is 6.07 Å². The maximum absolute atomic E-state index is 15.5. The van der Waals surface area contributed by atoms with Crippen molar-refractivity contribution in [1.82, 2.24) is 4.90 Å². The molecule has 1 nitrogen and oxygen atoms in total. The third-order valence-electron chi connectivity index (χ3n) is 8.03. The standard InChI is InChI=1S/C33H33F2N/c34-18-5-19-36-21-24(22-36)20-23-12-14-27(15-13-23)32-28-9-2-1-6-25(28)7-4-11-30(32)33-29-10-3-8-26(29)16-17-31(33)35/h1-2,6,9,12-17,20H,3-5,7-8,10-11,18-19,21-22H2. The average molecular weight is 482 g/mol. The molecule has 184 valence electrons. The van der Waals surface area contributed by atoms with E-state index >= 15 is 4.39 Å². The molecule has 1 fully saturated rings. The van der Waals surface area contributed by atoms with Gasteiger partial charge in [-0.3, -0.25) is 9.29 Å². The summed E-state index contributed by atoms with van der Waals surface area (Å²) in [6.07, 6.45) is 8.94. The van der Waals surface area contributed by atoms with Crippen LogP contribution in [0.25, 0.3) is 17.2 Å². The minimum Gasteiger partial charge on any atom is -0.295 e. The zero-order valence-corrected chi connectivity index (χ0v) is 20.8. The smallest absolute Gasteiger partial charge is 0.131 e. The number of fused-ring (bicyclic) bond motifs is 2. The molecule has 0 unspecified atom stereocenters. The molecule has 1 heterocycles. The second-order valence-corrected chi connectivity index (χ2v) is 10.5. The van der Waals surface area contributed by atoms with Crippen LogP contribution in [0.2, 0.25) is 0 Å². The molecule has 1 aliphatic heterocycles. The Balaban J connectivity index is 1.41. The Labute approximate surface area is 213 Å². The number of likely N-dealkylation sites (tertiary alicyclic amines) is 1. The first-order chi connectivity index (χ1) is 17.7. The van der Waals surface area contributed by atoms with Crippen LogP contribution < -0.4 is 0 Å². The number of allylic oxidation sites excluding steroid dienone is 1. The molecule has 36 heavy (non-hydrogen) atoms. The van der Waals surface area contributed by atoms with E-state index in [1.165, 1.54) is 44.5 Å². The third-order valence-corrected chi connectivity index (χ3v) is 8.03. The fourth-order valence-electron chi connectivity index (χ4n) is 6.31. The molecule has 0 atom stereocenters. The van der Waals surface area contributed by atoms with Crippen LogP contribution in [0, 0.1) is 5.82 Å². The molecule has 0 amide bonds. The Kier molecular flexibility index (Phi) is 6.58. The van der Waals surface area contributed by atoms with Gasteiger partial charge in [-0.15, -0.1) is 0 Å². The molecular weight excluding hydrogens is 448 g/mol. The summed E-state index contributed by atoms with van der Waals surface area (Å²) in [5, 5.41) is 0. The van der Waals surface area contributed by atoms with E-state index in [1.54, 1.807) is 6.07 Å². The molecule has 3 heteroatoms. The van der Waals surface area contributed by atoms with Gasteiger partial charge in [-0.1, -0.05) is 60.7 Å². The van der Waals surface area contributed by atoms with Crippen molar-refractivity contribution in [3.8, 4) is 0 Å². The summed E-state index contributed by atoms with van der Waals surface area (Å²) >= 11 is 0. The summed E-state index contributed by atoms with van der Waals surface area (Å²) in [4.78, 5) is 2.28. The molecule has 0 saturated carbocycles. The molecule has 0 radical (unpaired) electrons. The third kappa shape index (κ3) is 4.46. The lowest BCUT2D eigenvalue weighted by Gasteiger charge is -2.33. The molecule has 1 saturated heterocycles. The largest absolute Gasteiger partial charge is 0.295 e. The quantitative estimate of drug-likeness (QED) is 0.349. The minimum atomic E-state index is -0.242. The highest BCUT2D eigenvalue weighted by atomic mass is 19.1. The first kappa shape index (κ1) is 23.4. The monoisotopic (exact) mass is 481 g/mol. The number of rotatable bonds is 6. The molecule has 0 spiro atoms. The van der Waals surface area contributed by atoms with Crippen LogP contribution in [0.4, 0.5) is 8.78 Å². The first-order valence-corrected chi connectivity index (χ1v) is 13.4. The van der Waals surface area contributed by atoms with Crippen molar-refractivity contribution in [3.05, 3.63) is 111 Å². The van der Waals surface area contributed by atoms with Gasteiger partial charge < -0.3 is 0 Å². The maximum Gasteiger partial charge on any atom is 0.131 e. The zero-order valence-electron chi connectivity index (χ0n) is 20.8. The average Bonchev–Trinajstić information content (AvgIpc) is 3.27. The molecule has 0 aromatic heterocycles. The molecule has 3 aliphatic rings. The lowest BCUT2D eigenvalue weighted by atomic mass is 9.85. The van der Waals surface area contributed by atoms with Crippen molar-refractivity contribution in [1.29, 1.82) is 0 Å². The van der Waals surface area contributed by atoms with Gasteiger partial charge in [-0.05, 0) is 101 Å². The Bertz CT molecular complexity index is 1320. The highest BCUT2D eigenvalue weighted by molar-refractivity contribution is 6.00. The van der Waals surface area contributed by atoms with E-state index in [4.69, 9.17) is 0 Å². The second kappa shape index (κ2) is 10.1. The topological polar surface area (TPSA) is 3.24 Å². The van der Waals surface area contributed by atoms with E-state index in [0.717, 1.165) is 69.3 Å². The maximum atomic E-state index is 15.5. The Morgan fingerprint density at radius 2 is 1.58 bits per heavy atom. The number of alkyl halides is 1. The van der Waals surface area contributed by atoms with Gasteiger partial charge in [0.15, 0.2) is 0 Å². The lowest BCUT2D eigenvalue weighted by molar-refractivity contribution is 0.239. The summed E-state index contributed by atoms with van der Waals surface area (Å²) < 4.78 is 27.9. The van der Waals surface area contributed by atoms with E-state index in [2.05, 4.69) is 59.5 Å². The number of hydrogen-bond acceptors (Lipinski definition) is 1. The van der Waals surface area contributed by atoms with Gasteiger partial charge in [0.25, 0.3) is 0 Å². The lowest BCUT2D eigenvalue weighted by Crippen LogP contribution is -2.40. The van der Waals surface area contributed by atoms with Crippen LogP contribution in [0.3, 0.4) is 0 Å². The van der Waals surface area contributed by atoms with Crippen LogP contribution in [-0.2, 0) is 19.3 Å². The normalized spacial score (nSPS) is 17.4. The van der Waals surface area contributed by atoms with Crippen molar-refractivity contribution in [2.75, 3.05) is 26.3 Å².